The predicted octanol–water partition coefficient (Wildman–Crippen LogP) is 8.35. The monoisotopic (exact) mass is 708 g/mol. The van der Waals surface area contributed by atoms with Gasteiger partial charge >= 0.3 is 24.3 Å². The average molecular weight is 709 g/mol. The first-order valence-corrected chi connectivity index (χ1v) is 15.8. The van der Waals surface area contributed by atoms with Crippen LogP contribution in [0.4, 0.5) is 35.1 Å². The number of carbonyl (C=O) groups is 2. The third-order valence-electron chi connectivity index (χ3n) is 9.64. The molecule has 50 heavy (non-hydrogen) atoms. The van der Waals surface area contributed by atoms with Crippen molar-refractivity contribution in [2.75, 3.05) is 13.2 Å². The molecule has 2 atom stereocenters. The minimum atomic E-state index is -4.82. The third-order valence-corrected chi connectivity index (χ3v) is 9.64. The summed E-state index contributed by atoms with van der Waals surface area (Å²) in [6, 6.07) is 2.70. The van der Waals surface area contributed by atoms with Gasteiger partial charge in [0.1, 0.15) is 22.8 Å². The van der Waals surface area contributed by atoms with Crippen molar-refractivity contribution in [2.45, 2.75) is 69.0 Å². The first-order valence-electron chi connectivity index (χ1n) is 15.8. The van der Waals surface area contributed by atoms with Crippen molar-refractivity contribution in [3.05, 3.63) is 93.3 Å². The fraction of sp³-hybridized carbons (Fsp3) is 0.371. The van der Waals surface area contributed by atoms with Gasteiger partial charge in [-0.1, -0.05) is 31.6 Å². The van der Waals surface area contributed by atoms with Crippen molar-refractivity contribution in [2.24, 2.45) is 0 Å². The molecule has 3 aliphatic rings. The Labute approximate surface area is 278 Å². The molecule has 0 amide bonds. The Morgan fingerprint density at radius 2 is 1.32 bits per heavy atom. The number of alkyl halides is 6. The lowest BCUT2D eigenvalue weighted by atomic mass is 9.79. The molecule has 0 saturated carbocycles. The van der Waals surface area contributed by atoms with Gasteiger partial charge in [-0.2, -0.15) is 26.3 Å². The van der Waals surface area contributed by atoms with E-state index >= 15 is 0 Å². The highest BCUT2D eigenvalue weighted by molar-refractivity contribution is 5.92. The number of hydrogen-bond acceptors (Lipinski definition) is 5. The Hall–Kier alpha value is -4.50. The molecule has 4 aromatic rings. The summed E-state index contributed by atoms with van der Waals surface area (Å²) in [6.07, 6.45) is -5.78. The zero-order valence-electron chi connectivity index (χ0n) is 26.3. The minimum absolute atomic E-state index is 0.00667. The van der Waals surface area contributed by atoms with Crippen LogP contribution in [-0.2, 0) is 60.2 Å². The highest BCUT2D eigenvalue weighted by Gasteiger charge is 2.49. The first kappa shape index (κ1) is 34.0. The lowest BCUT2D eigenvalue weighted by molar-refractivity contribution is -0.170. The second-order valence-electron chi connectivity index (χ2n) is 12.6. The molecule has 1 aliphatic carbocycles. The molecule has 2 aromatic carbocycles. The number of allylic oxidation sites excluding steroid dienone is 2. The van der Waals surface area contributed by atoms with Crippen LogP contribution in [0.5, 0.6) is 0 Å². The van der Waals surface area contributed by atoms with Crippen LogP contribution in [-0.4, -0.2) is 35.1 Å². The Kier molecular flexibility index (Phi) is 8.01. The highest BCUT2D eigenvalue weighted by atomic mass is 19.4. The molecule has 2 aliphatic heterocycles. The topological polar surface area (TPSA) is 93.4 Å². The Bertz CT molecular complexity index is 2120. The van der Waals surface area contributed by atoms with Crippen LogP contribution in [0.25, 0.3) is 21.8 Å². The van der Waals surface area contributed by atoms with E-state index in [1.807, 2.05) is 0 Å². The van der Waals surface area contributed by atoms with Gasteiger partial charge in [0.05, 0.1) is 59.6 Å². The number of rotatable bonds is 7. The molecule has 7 rings (SSSR count). The molecule has 0 radical (unpaired) electrons. The molecule has 4 heterocycles. The first-order chi connectivity index (χ1) is 23.6. The average Bonchev–Trinajstić information content (AvgIpc) is 3.58. The van der Waals surface area contributed by atoms with E-state index in [0.29, 0.717) is 36.3 Å². The number of fused-ring (bicyclic) bond motifs is 6. The van der Waals surface area contributed by atoms with E-state index in [4.69, 9.17) is 14.2 Å². The summed E-state index contributed by atoms with van der Waals surface area (Å²) in [5, 5.41) is -0.748. The Morgan fingerprint density at radius 3 is 1.84 bits per heavy atom. The minimum Gasteiger partial charge on any atom is -0.393 e. The highest BCUT2D eigenvalue weighted by Crippen LogP contribution is 2.50. The van der Waals surface area contributed by atoms with Crippen LogP contribution in [0.15, 0.2) is 48.1 Å². The number of carbonyl (C=O) groups excluding carboxylic acids is 2. The fourth-order valence-corrected chi connectivity index (χ4v) is 7.60. The summed E-state index contributed by atoms with van der Waals surface area (Å²) in [5.74, 6) is -4.12. The molecular formula is C35H28F8N2O5. The lowest BCUT2D eigenvalue weighted by Gasteiger charge is -2.39. The van der Waals surface area contributed by atoms with E-state index in [1.165, 1.54) is 0 Å². The SMILES string of the molecule is CCCC1(CC(=O)OC(=O)CC2(C3=CC=C3)OCCc3c2[nH]c2c(F)ccc(C(F)(F)F)c32)OCCc2c1[nH]c1c(F)ccc(C(F)(F)F)c21. The predicted molar refractivity (Wildman–Crippen MR) is 162 cm³/mol. The van der Waals surface area contributed by atoms with E-state index in [0.717, 1.165) is 0 Å². The molecule has 7 nitrogen and oxygen atoms in total. The molecular weight excluding hydrogens is 680 g/mol. The Balaban J connectivity index is 1.22. The van der Waals surface area contributed by atoms with E-state index in [-0.39, 0.29) is 65.8 Å². The van der Waals surface area contributed by atoms with Crippen LogP contribution >= 0.6 is 0 Å². The number of aromatic amines is 2. The van der Waals surface area contributed by atoms with Crippen molar-refractivity contribution in [1.29, 1.82) is 0 Å². The normalized spacial score (nSPS) is 21.9. The third kappa shape index (κ3) is 5.32. The maximum Gasteiger partial charge on any atom is 0.417 e. The summed E-state index contributed by atoms with van der Waals surface area (Å²) in [5.41, 5.74) is -5.58. The molecule has 264 valence electrons. The molecule has 0 bridgehead atoms. The van der Waals surface area contributed by atoms with E-state index in [1.54, 1.807) is 25.2 Å². The number of aromatic nitrogens is 2. The van der Waals surface area contributed by atoms with Gasteiger partial charge in [0, 0.05) is 10.8 Å². The number of esters is 2. The number of ether oxygens (including phenoxy) is 3. The molecule has 2 unspecified atom stereocenters. The maximum absolute atomic E-state index is 14.9. The molecule has 0 saturated heterocycles. The van der Waals surface area contributed by atoms with Crippen molar-refractivity contribution < 1.29 is 58.9 Å². The van der Waals surface area contributed by atoms with E-state index < -0.39 is 82.1 Å². The van der Waals surface area contributed by atoms with Gasteiger partial charge in [0.15, 0.2) is 0 Å². The zero-order valence-corrected chi connectivity index (χ0v) is 26.3. The largest absolute Gasteiger partial charge is 0.417 e. The molecule has 2 aromatic heterocycles. The van der Waals surface area contributed by atoms with Crippen molar-refractivity contribution in [3.8, 4) is 0 Å². The van der Waals surface area contributed by atoms with Crippen LogP contribution in [0, 0.1) is 11.6 Å². The van der Waals surface area contributed by atoms with Crippen LogP contribution in [0.3, 0.4) is 0 Å². The van der Waals surface area contributed by atoms with Gasteiger partial charge in [0.25, 0.3) is 0 Å². The number of hydrogen-bond donors (Lipinski definition) is 2. The summed E-state index contributed by atoms with van der Waals surface area (Å²) >= 11 is 0. The summed E-state index contributed by atoms with van der Waals surface area (Å²) in [6.45, 7) is 1.49. The zero-order chi connectivity index (χ0) is 35.8. The summed E-state index contributed by atoms with van der Waals surface area (Å²) < 4.78 is 131. The fourth-order valence-electron chi connectivity index (χ4n) is 7.60. The van der Waals surface area contributed by atoms with E-state index in [2.05, 4.69) is 9.97 Å². The van der Waals surface area contributed by atoms with Gasteiger partial charge in [-0.3, -0.25) is 9.59 Å². The standard InChI is InChI=1S/C35H28F8N2O5/c1-2-12-32(30-18(10-13-48-32)26-20(34(38,39)40)6-8-22(36)28(26)44-30)15-24(46)50-25(47)16-33(17-4-3-5-17)31-19(11-14-49-33)27-21(35(41,42)43)7-9-23(37)29(27)45-31/h3-9,44-45H,2,10-16H2,1H3. The molecule has 15 heteroatoms. The van der Waals surface area contributed by atoms with Gasteiger partial charge in [-0.05, 0) is 60.2 Å². The quantitative estimate of drug-likeness (QED) is 0.114. The van der Waals surface area contributed by atoms with Crippen molar-refractivity contribution in [3.63, 3.8) is 0 Å². The second kappa shape index (κ2) is 11.8. The van der Waals surface area contributed by atoms with Crippen molar-refractivity contribution >= 4 is 33.7 Å². The second-order valence-corrected chi connectivity index (χ2v) is 12.6. The van der Waals surface area contributed by atoms with Crippen LogP contribution < -0.4 is 0 Å². The maximum atomic E-state index is 14.9. The Morgan fingerprint density at radius 1 is 0.800 bits per heavy atom. The smallest absolute Gasteiger partial charge is 0.393 e. The lowest BCUT2D eigenvalue weighted by Crippen LogP contribution is -2.42. The van der Waals surface area contributed by atoms with Gasteiger partial charge in [-0.15, -0.1) is 0 Å². The van der Waals surface area contributed by atoms with E-state index in [9.17, 15) is 44.7 Å². The number of benzene rings is 2. The van der Waals surface area contributed by atoms with Crippen LogP contribution in [0.2, 0.25) is 0 Å². The van der Waals surface area contributed by atoms with Gasteiger partial charge < -0.3 is 24.2 Å². The summed E-state index contributed by atoms with van der Waals surface area (Å²) in [7, 11) is 0. The van der Waals surface area contributed by atoms with Gasteiger partial charge in [0.2, 0.25) is 0 Å². The summed E-state index contributed by atoms with van der Waals surface area (Å²) in [4.78, 5) is 32.4. The number of H-pyrrole nitrogens is 2. The number of nitrogens with one attached hydrogen (secondary N) is 2. The number of halogens is 8. The van der Waals surface area contributed by atoms with Gasteiger partial charge in [-0.25, -0.2) is 8.78 Å². The van der Waals surface area contributed by atoms with Crippen LogP contribution in [0.1, 0.15) is 66.2 Å². The molecule has 0 fully saturated rings. The molecule has 0 spiro atoms. The molecule has 2 N–H and O–H groups in total. The van der Waals surface area contributed by atoms with Crippen molar-refractivity contribution in [1.82, 2.24) is 9.97 Å².